The Kier molecular flexibility index (Phi) is 3.65. The molecule has 4 nitrogen and oxygen atoms in total. The van der Waals surface area contributed by atoms with Gasteiger partial charge in [0, 0.05) is 19.4 Å². The van der Waals surface area contributed by atoms with Crippen LogP contribution in [0, 0.1) is 0 Å². The van der Waals surface area contributed by atoms with Crippen LogP contribution in [0.25, 0.3) is 0 Å². The molecule has 0 bridgehead atoms. The largest absolute Gasteiger partial charge is 0.468 e. The first-order chi connectivity index (χ1) is 9.84. The zero-order chi connectivity index (χ0) is 13.8. The molecule has 2 heterocycles. The van der Waals surface area contributed by atoms with Gasteiger partial charge in [-0.1, -0.05) is 30.3 Å². The maximum atomic E-state index is 5.38. The minimum absolute atomic E-state index is 0.0429. The van der Waals surface area contributed by atoms with Crippen LogP contribution in [0.5, 0.6) is 0 Å². The predicted molar refractivity (Wildman–Crippen MR) is 77.0 cm³/mol. The van der Waals surface area contributed by atoms with E-state index in [9.17, 15) is 0 Å². The number of aromatic nitrogens is 2. The minimum atomic E-state index is 0.0429. The average molecular weight is 267 g/mol. The van der Waals surface area contributed by atoms with Gasteiger partial charge in [0.2, 0.25) is 0 Å². The van der Waals surface area contributed by atoms with E-state index in [1.807, 2.05) is 54.3 Å². The lowest BCUT2D eigenvalue weighted by molar-refractivity contribution is 0.459. The van der Waals surface area contributed by atoms with Gasteiger partial charge in [-0.2, -0.15) is 0 Å². The fraction of sp³-hybridized carbons (Fsp3) is 0.188. The van der Waals surface area contributed by atoms with E-state index < -0.39 is 0 Å². The van der Waals surface area contributed by atoms with Crippen molar-refractivity contribution in [2.45, 2.75) is 12.6 Å². The molecule has 0 aliphatic heterocycles. The van der Waals surface area contributed by atoms with Gasteiger partial charge in [-0.05, 0) is 17.7 Å². The third-order valence-corrected chi connectivity index (χ3v) is 3.31. The van der Waals surface area contributed by atoms with Crippen LogP contribution in [-0.2, 0) is 13.6 Å². The van der Waals surface area contributed by atoms with E-state index in [1.54, 1.807) is 6.26 Å². The van der Waals surface area contributed by atoms with Crippen molar-refractivity contribution in [1.82, 2.24) is 14.9 Å². The second-order valence-electron chi connectivity index (χ2n) is 4.70. The molecule has 0 aliphatic rings. The van der Waals surface area contributed by atoms with Gasteiger partial charge in [-0.25, -0.2) is 4.98 Å². The van der Waals surface area contributed by atoms with Gasteiger partial charge in [0.25, 0.3) is 0 Å². The fourth-order valence-electron chi connectivity index (χ4n) is 2.27. The van der Waals surface area contributed by atoms with Crippen molar-refractivity contribution in [1.29, 1.82) is 0 Å². The van der Waals surface area contributed by atoms with Crippen molar-refractivity contribution in [3.05, 3.63) is 78.3 Å². The van der Waals surface area contributed by atoms with E-state index in [0.717, 1.165) is 11.6 Å². The summed E-state index contributed by atoms with van der Waals surface area (Å²) >= 11 is 0. The van der Waals surface area contributed by atoms with Gasteiger partial charge >= 0.3 is 0 Å². The van der Waals surface area contributed by atoms with Crippen LogP contribution < -0.4 is 5.32 Å². The monoisotopic (exact) mass is 267 g/mol. The number of hydrogen-bond donors (Lipinski definition) is 1. The summed E-state index contributed by atoms with van der Waals surface area (Å²) in [5, 5.41) is 3.50. The van der Waals surface area contributed by atoms with Crippen molar-refractivity contribution in [2.75, 3.05) is 0 Å². The molecule has 0 saturated carbocycles. The maximum absolute atomic E-state index is 5.38. The second kappa shape index (κ2) is 5.75. The van der Waals surface area contributed by atoms with Crippen LogP contribution in [-0.4, -0.2) is 9.55 Å². The molecule has 1 atom stereocenters. The molecule has 1 N–H and O–H groups in total. The number of rotatable bonds is 5. The molecule has 102 valence electrons. The fourth-order valence-corrected chi connectivity index (χ4v) is 2.27. The van der Waals surface area contributed by atoms with Gasteiger partial charge in [0.1, 0.15) is 11.6 Å². The topological polar surface area (TPSA) is 43.0 Å². The highest BCUT2D eigenvalue weighted by Crippen LogP contribution is 2.20. The lowest BCUT2D eigenvalue weighted by atomic mass is 10.1. The van der Waals surface area contributed by atoms with Crippen LogP contribution in [0.15, 0.2) is 65.5 Å². The summed E-state index contributed by atoms with van der Waals surface area (Å²) in [5.41, 5.74) is 1.19. The Morgan fingerprint density at radius 3 is 2.70 bits per heavy atom. The predicted octanol–water partition coefficient (Wildman–Crippen LogP) is 2.89. The zero-order valence-corrected chi connectivity index (χ0v) is 11.4. The normalized spacial score (nSPS) is 12.4. The SMILES string of the molecule is Cn1ccnc1C(NCc1ccco1)c1ccccc1. The summed E-state index contributed by atoms with van der Waals surface area (Å²) in [7, 11) is 2.01. The maximum Gasteiger partial charge on any atom is 0.130 e. The third-order valence-electron chi connectivity index (χ3n) is 3.31. The molecule has 1 unspecified atom stereocenters. The van der Waals surface area contributed by atoms with Gasteiger partial charge in [-0.15, -0.1) is 0 Å². The minimum Gasteiger partial charge on any atom is -0.468 e. The average Bonchev–Trinajstić information content (AvgIpc) is 3.13. The van der Waals surface area contributed by atoms with Gasteiger partial charge < -0.3 is 8.98 Å². The van der Waals surface area contributed by atoms with Crippen LogP contribution in [0.4, 0.5) is 0 Å². The number of furan rings is 1. The van der Waals surface area contributed by atoms with Gasteiger partial charge in [0.05, 0.1) is 18.8 Å². The summed E-state index contributed by atoms with van der Waals surface area (Å²) < 4.78 is 7.41. The Hall–Kier alpha value is -2.33. The second-order valence-corrected chi connectivity index (χ2v) is 4.70. The standard InChI is InChI=1S/C16H17N3O/c1-19-10-9-17-16(19)15(13-6-3-2-4-7-13)18-12-14-8-5-11-20-14/h2-11,15,18H,12H2,1H3. The quantitative estimate of drug-likeness (QED) is 0.773. The van der Waals surface area contributed by atoms with Crippen molar-refractivity contribution in [3.63, 3.8) is 0 Å². The van der Waals surface area contributed by atoms with E-state index in [2.05, 4.69) is 22.4 Å². The number of nitrogens with zero attached hydrogens (tertiary/aromatic N) is 2. The van der Waals surface area contributed by atoms with Crippen LogP contribution in [0.2, 0.25) is 0 Å². The first-order valence-electron chi connectivity index (χ1n) is 6.62. The summed E-state index contributed by atoms with van der Waals surface area (Å²) in [6, 6.07) is 14.2. The molecule has 0 fully saturated rings. The van der Waals surface area contributed by atoms with Crippen LogP contribution >= 0.6 is 0 Å². The number of benzene rings is 1. The lowest BCUT2D eigenvalue weighted by Gasteiger charge is -2.18. The summed E-state index contributed by atoms with van der Waals surface area (Å²) in [6.45, 7) is 0.666. The van der Waals surface area contributed by atoms with Gasteiger partial charge in [0.15, 0.2) is 0 Å². The molecule has 0 aliphatic carbocycles. The van der Waals surface area contributed by atoms with E-state index in [0.29, 0.717) is 6.54 Å². The Balaban J connectivity index is 1.86. The van der Waals surface area contributed by atoms with E-state index in [1.165, 1.54) is 5.56 Å². The molecule has 3 aromatic rings. The molecule has 0 spiro atoms. The Bertz CT molecular complexity index is 643. The molecule has 3 rings (SSSR count). The molecule has 0 radical (unpaired) electrons. The molecule has 4 heteroatoms. The molecule has 2 aromatic heterocycles. The van der Waals surface area contributed by atoms with E-state index in [-0.39, 0.29) is 6.04 Å². The molecule has 0 amide bonds. The first kappa shape index (κ1) is 12.7. The Morgan fingerprint density at radius 1 is 1.20 bits per heavy atom. The lowest BCUT2D eigenvalue weighted by Crippen LogP contribution is -2.24. The molecule has 0 saturated heterocycles. The molecular weight excluding hydrogens is 250 g/mol. The number of aryl methyl sites for hydroxylation is 1. The van der Waals surface area contributed by atoms with E-state index in [4.69, 9.17) is 4.42 Å². The molecule has 20 heavy (non-hydrogen) atoms. The molecule has 1 aromatic carbocycles. The zero-order valence-electron chi connectivity index (χ0n) is 11.4. The summed E-state index contributed by atoms with van der Waals surface area (Å²) in [6.07, 6.45) is 5.47. The number of imidazole rings is 1. The summed E-state index contributed by atoms with van der Waals surface area (Å²) in [5.74, 6) is 1.91. The first-order valence-corrected chi connectivity index (χ1v) is 6.62. The molecular formula is C16H17N3O. The van der Waals surface area contributed by atoms with Gasteiger partial charge in [-0.3, -0.25) is 5.32 Å². The number of hydrogen-bond acceptors (Lipinski definition) is 3. The smallest absolute Gasteiger partial charge is 0.130 e. The highest BCUT2D eigenvalue weighted by atomic mass is 16.3. The van der Waals surface area contributed by atoms with Crippen LogP contribution in [0.3, 0.4) is 0 Å². The van der Waals surface area contributed by atoms with Crippen molar-refractivity contribution in [2.24, 2.45) is 7.05 Å². The van der Waals surface area contributed by atoms with Crippen molar-refractivity contribution < 1.29 is 4.42 Å². The third kappa shape index (κ3) is 2.65. The Morgan fingerprint density at radius 2 is 2.05 bits per heavy atom. The van der Waals surface area contributed by atoms with Crippen molar-refractivity contribution >= 4 is 0 Å². The van der Waals surface area contributed by atoms with Crippen LogP contribution in [0.1, 0.15) is 23.2 Å². The summed E-state index contributed by atoms with van der Waals surface area (Å²) in [4.78, 5) is 4.46. The highest BCUT2D eigenvalue weighted by Gasteiger charge is 2.17. The van der Waals surface area contributed by atoms with Crippen molar-refractivity contribution in [3.8, 4) is 0 Å². The number of nitrogens with one attached hydrogen (secondary N) is 1. The highest BCUT2D eigenvalue weighted by molar-refractivity contribution is 5.25. The van der Waals surface area contributed by atoms with E-state index >= 15 is 0 Å². The Labute approximate surface area is 118 Å².